The first kappa shape index (κ1) is 11.4. The predicted octanol–water partition coefficient (Wildman–Crippen LogP) is 2.78. The summed E-state index contributed by atoms with van der Waals surface area (Å²) in [6.07, 6.45) is 1.87. The zero-order valence-corrected chi connectivity index (χ0v) is 9.28. The number of hydrogen-bond donors (Lipinski definition) is 0. The van der Waals surface area contributed by atoms with E-state index in [4.69, 9.17) is 0 Å². The van der Waals surface area contributed by atoms with Gasteiger partial charge in [0, 0.05) is 0 Å². The van der Waals surface area contributed by atoms with Gasteiger partial charge in [-0.05, 0) is 11.1 Å². The molecule has 0 heterocycles. The Labute approximate surface area is 102 Å². The van der Waals surface area contributed by atoms with Gasteiger partial charge in [-0.25, -0.2) is 0 Å². The molecule has 1 amide bonds. The summed E-state index contributed by atoms with van der Waals surface area (Å²) in [5.74, 6) is 0. The fraction of sp³-hybridized carbons (Fsp3) is 0. The molecular weight excluding hydrogens is 210 g/mol. The highest BCUT2D eigenvalue weighted by Crippen LogP contribution is 2.11. The van der Waals surface area contributed by atoms with E-state index >= 15 is 0 Å². The number of carbonyl (C=O) groups excluding carboxylic acids is 1. The van der Waals surface area contributed by atoms with Crippen LogP contribution in [0.3, 0.4) is 0 Å². The van der Waals surface area contributed by atoms with Crippen LogP contribution in [0, 0.1) is 13.1 Å². The molecule has 0 aliphatic heterocycles. The largest absolute Gasteiger partial charge is 0.315 e. The van der Waals surface area contributed by atoms with Crippen molar-refractivity contribution >= 4 is 6.41 Å². The number of hydrogen-bond acceptors (Lipinski definition) is 1. The van der Waals surface area contributed by atoms with Gasteiger partial charge in [-0.1, -0.05) is 60.7 Å². The van der Waals surface area contributed by atoms with Gasteiger partial charge in [0.2, 0.25) is 0 Å². The van der Waals surface area contributed by atoms with Crippen molar-refractivity contribution in [2.45, 2.75) is 0 Å². The van der Waals surface area contributed by atoms with E-state index in [2.05, 4.69) is 0 Å². The van der Waals surface area contributed by atoms with Crippen molar-refractivity contribution in [3.8, 4) is 0 Å². The normalized spacial score (nSPS) is 9.88. The van der Waals surface area contributed by atoms with E-state index in [9.17, 15) is 4.79 Å². The van der Waals surface area contributed by atoms with Gasteiger partial charge in [0.1, 0.15) is 0 Å². The van der Waals surface area contributed by atoms with E-state index in [1.165, 1.54) is 4.90 Å². The van der Waals surface area contributed by atoms with Crippen molar-refractivity contribution in [3.63, 3.8) is 0 Å². The minimum atomic E-state index is 0.961. The molecule has 0 fully saturated rings. The molecule has 2 aromatic carbocycles. The minimum absolute atomic E-state index is 0.961. The van der Waals surface area contributed by atoms with Crippen LogP contribution < -0.4 is 0 Å². The minimum Gasteiger partial charge on any atom is -0.315 e. The quantitative estimate of drug-likeness (QED) is 0.712. The highest BCUT2D eigenvalue weighted by atomic mass is 16.1. The van der Waals surface area contributed by atoms with Crippen molar-refractivity contribution < 1.29 is 4.79 Å². The first-order valence-electron chi connectivity index (χ1n) is 5.34. The molecule has 17 heavy (non-hydrogen) atoms. The first-order chi connectivity index (χ1) is 8.38. The SMILES string of the molecule is O=[C]N([CH]c1ccccc1)[CH]c1ccccc1. The van der Waals surface area contributed by atoms with Crippen LogP contribution in [0.2, 0.25) is 0 Å². The van der Waals surface area contributed by atoms with E-state index in [1.54, 1.807) is 13.1 Å². The van der Waals surface area contributed by atoms with E-state index in [0.717, 1.165) is 11.1 Å². The smallest absolute Gasteiger partial charge is 0.313 e. The van der Waals surface area contributed by atoms with E-state index in [1.807, 2.05) is 67.1 Å². The first-order valence-corrected chi connectivity index (χ1v) is 5.34. The van der Waals surface area contributed by atoms with Crippen LogP contribution in [0.1, 0.15) is 11.1 Å². The lowest BCUT2D eigenvalue weighted by molar-refractivity contribution is 0.489. The number of benzene rings is 2. The Kier molecular flexibility index (Phi) is 3.92. The molecule has 0 aliphatic rings. The third kappa shape index (κ3) is 3.45. The average Bonchev–Trinajstić information content (AvgIpc) is 2.40. The summed E-state index contributed by atoms with van der Waals surface area (Å²) >= 11 is 0. The molecular formula is C15H12NO. The van der Waals surface area contributed by atoms with Crippen molar-refractivity contribution in [3.05, 3.63) is 84.9 Å². The molecule has 0 bridgehead atoms. The summed E-state index contributed by atoms with van der Waals surface area (Å²) in [4.78, 5) is 12.2. The topological polar surface area (TPSA) is 20.3 Å². The molecule has 2 aromatic rings. The van der Waals surface area contributed by atoms with Gasteiger partial charge in [0.25, 0.3) is 0 Å². The second-order valence-electron chi connectivity index (χ2n) is 3.58. The Morgan fingerprint density at radius 1 is 0.765 bits per heavy atom. The van der Waals surface area contributed by atoms with Crippen LogP contribution >= 0.6 is 0 Å². The van der Waals surface area contributed by atoms with Gasteiger partial charge in [-0.3, -0.25) is 4.79 Å². The summed E-state index contributed by atoms with van der Waals surface area (Å²) in [6.45, 7) is 3.47. The fourth-order valence-electron chi connectivity index (χ4n) is 1.49. The maximum Gasteiger partial charge on any atom is 0.313 e. The van der Waals surface area contributed by atoms with Crippen LogP contribution in [-0.2, 0) is 4.79 Å². The average molecular weight is 222 g/mol. The second kappa shape index (κ2) is 5.85. The van der Waals surface area contributed by atoms with Gasteiger partial charge in [-0.15, -0.1) is 0 Å². The lowest BCUT2D eigenvalue weighted by Crippen LogP contribution is -2.16. The molecule has 0 aliphatic carbocycles. The molecule has 2 nitrogen and oxygen atoms in total. The standard InChI is InChI=1S/C15H12NO/c17-13-16(11-14-7-3-1-4-8-14)12-15-9-5-2-6-10-15/h1-12H. The number of rotatable bonds is 5. The molecule has 0 N–H and O–H groups in total. The maximum absolute atomic E-state index is 10.9. The zero-order chi connectivity index (χ0) is 11.9. The van der Waals surface area contributed by atoms with Gasteiger partial charge in [0.05, 0.1) is 13.1 Å². The van der Waals surface area contributed by atoms with Crippen molar-refractivity contribution in [2.75, 3.05) is 0 Å². The third-order valence-electron chi connectivity index (χ3n) is 2.28. The van der Waals surface area contributed by atoms with Crippen LogP contribution in [0.25, 0.3) is 0 Å². The number of amides is 1. The zero-order valence-electron chi connectivity index (χ0n) is 9.28. The van der Waals surface area contributed by atoms with E-state index < -0.39 is 0 Å². The Morgan fingerprint density at radius 2 is 1.18 bits per heavy atom. The highest BCUT2D eigenvalue weighted by molar-refractivity contribution is 5.54. The Bertz CT molecular complexity index is 411. The summed E-state index contributed by atoms with van der Waals surface area (Å²) in [5, 5.41) is 0. The molecule has 0 unspecified atom stereocenters. The second-order valence-corrected chi connectivity index (χ2v) is 3.58. The predicted molar refractivity (Wildman–Crippen MR) is 67.2 cm³/mol. The van der Waals surface area contributed by atoms with Crippen molar-refractivity contribution in [1.82, 2.24) is 4.90 Å². The number of nitrogens with zero attached hydrogens (tertiary/aromatic N) is 1. The van der Waals surface area contributed by atoms with Crippen LogP contribution in [0.15, 0.2) is 60.7 Å². The highest BCUT2D eigenvalue weighted by Gasteiger charge is 2.06. The van der Waals surface area contributed by atoms with Crippen LogP contribution in [-0.4, -0.2) is 11.3 Å². The van der Waals surface area contributed by atoms with E-state index in [-0.39, 0.29) is 0 Å². The Morgan fingerprint density at radius 3 is 1.53 bits per heavy atom. The fourth-order valence-corrected chi connectivity index (χ4v) is 1.49. The van der Waals surface area contributed by atoms with Gasteiger partial charge in [0.15, 0.2) is 0 Å². The summed E-state index contributed by atoms with van der Waals surface area (Å²) in [6, 6.07) is 19.3. The molecule has 83 valence electrons. The van der Waals surface area contributed by atoms with Gasteiger partial charge in [-0.2, -0.15) is 0 Å². The summed E-state index contributed by atoms with van der Waals surface area (Å²) < 4.78 is 0. The molecule has 0 spiro atoms. The van der Waals surface area contributed by atoms with Gasteiger partial charge >= 0.3 is 6.41 Å². The molecule has 0 saturated heterocycles. The van der Waals surface area contributed by atoms with Crippen LogP contribution in [0.4, 0.5) is 0 Å². The lowest BCUT2D eigenvalue weighted by atomic mass is 10.2. The molecule has 0 aromatic heterocycles. The Hall–Kier alpha value is -2.09. The molecule has 2 heteroatoms. The summed E-state index contributed by atoms with van der Waals surface area (Å²) in [5.41, 5.74) is 1.92. The summed E-state index contributed by atoms with van der Waals surface area (Å²) in [7, 11) is 0. The lowest BCUT2D eigenvalue weighted by Gasteiger charge is -2.14. The maximum atomic E-state index is 10.9. The van der Waals surface area contributed by atoms with Crippen LogP contribution in [0.5, 0.6) is 0 Å². The molecule has 3 radical (unpaired) electrons. The van der Waals surface area contributed by atoms with Gasteiger partial charge < -0.3 is 4.90 Å². The molecule has 0 saturated carbocycles. The molecule has 2 rings (SSSR count). The van der Waals surface area contributed by atoms with E-state index in [0.29, 0.717) is 0 Å². The third-order valence-corrected chi connectivity index (χ3v) is 2.28. The Balaban J connectivity index is 2.01. The monoisotopic (exact) mass is 222 g/mol. The van der Waals surface area contributed by atoms with Crippen molar-refractivity contribution in [1.29, 1.82) is 0 Å². The molecule has 0 atom stereocenters. The van der Waals surface area contributed by atoms with Crippen molar-refractivity contribution in [2.24, 2.45) is 0 Å².